The highest BCUT2D eigenvalue weighted by Crippen LogP contribution is 2.38. The molecular formula is C28H28F5N3O3. The number of halogens is 5. The molecule has 0 radical (unpaired) electrons. The van der Waals surface area contributed by atoms with Crippen molar-refractivity contribution in [1.82, 2.24) is 14.8 Å². The first-order chi connectivity index (χ1) is 18.5. The standard InChI is InChI=1S/C26H26F5N3O3.C2H2/c1-17(25(35,14-34-16-32-15-33-34)22-8-7-21(27)11-23(22)28)10-19-12-36-24(37-13-19)9-4-18-2-5-20(6-3-18)26(29,30)31;1-2/h2-9,11,15-17,19,24,35H,10,12-14H2,1H3;1-2H/b9-4+;/t17-,19?,24?,25+;/m0./s1. The summed E-state index contributed by atoms with van der Waals surface area (Å²) in [7, 11) is 0. The molecule has 0 unspecified atom stereocenters. The Bertz CT molecular complexity index is 1240. The van der Waals surface area contributed by atoms with Gasteiger partial charge in [-0.2, -0.15) is 18.3 Å². The van der Waals surface area contributed by atoms with Crippen LogP contribution in [0.25, 0.3) is 6.08 Å². The number of nitrogens with zero attached hydrogens (tertiary/aromatic N) is 3. The van der Waals surface area contributed by atoms with Crippen molar-refractivity contribution in [3.8, 4) is 12.8 Å². The molecule has 1 saturated heterocycles. The summed E-state index contributed by atoms with van der Waals surface area (Å²) in [5, 5.41) is 15.7. The largest absolute Gasteiger partial charge is 0.416 e. The quantitative estimate of drug-likeness (QED) is 0.299. The Balaban J connectivity index is 0.00000205. The third kappa shape index (κ3) is 7.72. The molecule has 1 aromatic heterocycles. The van der Waals surface area contributed by atoms with Crippen molar-refractivity contribution >= 4 is 6.08 Å². The molecule has 6 nitrogen and oxygen atoms in total. The number of hydrogen-bond donors (Lipinski definition) is 1. The van der Waals surface area contributed by atoms with Gasteiger partial charge in [-0.15, -0.1) is 12.8 Å². The molecule has 1 aliphatic rings. The molecule has 0 bridgehead atoms. The molecule has 39 heavy (non-hydrogen) atoms. The van der Waals surface area contributed by atoms with E-state index in [2.05, 4.69) is 22.9 Å². The number of alkyl halides is 3. The monoisotopic (exact) mass is 549 g/mol. The molecule has 2 heterocycles. The second kappa shape index (κ2) is 13.0. The summed E-state index contributed by atoms with van der Waals surface area (Å²) in [5.41, 5.74) is -1.93. The molecule has 1 N–H and O–H groups in total. The van der Waals surface area contributed by atoms with Crippen molar-refractivity contribution in [2.24, 2.45) is 11.8 Å². The fourth-order valence-electron chi connectivity index (χ4n) is 4.38. The van der Waals surface area contributed by atoms with Gasteiger partial charge in [0, 0.05) is 17.5 Å². The van der Waals surface area contributed by atoms with E-state index in [1.807, 2.05) is 0 Å². The number of terminal acetylenes is 1. The Morgan fingerprint density at radius 3 is 2.33 bits per heavy atom. The van der Waals surface area contributed by atoms with Crippen LogP contribution >= 0.6 is 0 Å². The van der Waals surface area contributed by atoms with Gasteiger partial charge >= 0.3 is 6.18 Å². The molecule has 0 amide bonds. The average molecular weight is 550 g/mol. The lowest BCUT2D eigenvalue weighted by molar-refractivity contribution is -0.180. The fourth-order valence-corrected chi connectivity index (χ4v) is 4.38. The summed E-state index contributed by atoms with van der Waals surface area (Å²) in [6.45, 7) is 2.25. The molecule has 208 valence electrons. The Morgan fingerprint density at radius 1 is 1.10 bits per heavy atom. The van der Waals surface area contributed by atoms with Gasteiger partial charge in [-0.1, -0.05) is 31.2 Å². The van der Waals surface area contributed by atoms with E-state index in [1.165, 1.54) is 35.5 Å². The Morgan fingerprint density at radius 2 is 1.77 bits per heavy atom. The van der Waals surface area contributed by atoms with Crippen LogP contribution < -0.4 is 0 Å². The maximum absolute atomic E-state index is 14.7. The van der Waals surface area contributed by atoms with E-state index in [1.54, 1.807) is 19.1 Å². The smallest absolute Gasteiger partial charge is 0.383 e. The zero-order valence-corrected chi connectivity index (χ0v) is 21.1. The molecule has 11 heteroatoms. The van der Waals surface area contributed by atoms with Crippen molar-refractivity contribution in [2.75, 3.05) is 13.2 Å². The van der Waals surface area contributed by atoms with Gasteiger partial charge in [0.2, 0.25) is 0 Å². The van der Waals surface area contributed by atoms with Gasteiger partial charge in [-0.25, -0.2) is 18.4 Å². The fraction of sp³-hybridized carbons (Fsp3) is 0.357. The van der Waals surface area contributed by atoms with Crippen LogP contribution in [0.2, 0.25) is 0 Å². The third-order valence-electron chi connectivity index (χ3n) is 6.45. The first-order valence-electron chi connectivity index (χ1n) is 12.0. The lowest BCUT2D eigenvalue weighted by Gasteiger charge is -2.38. The lowest BCUT2D eigenvalue weighted by Crippen LogP contribution is -2.42. The molecule has 4 rings (SSSR count). The van der Waals surface area contributed by atoms with E-state index in [4.69, 9.17) is 9.47 Å². The van der Waals surface area contributed by atoms with Crippen molar-refractivity contribution in [3.05, 3.63) is 89.5 Å². The maximum atomic E-state index is 14.7. The minimum absolute atomic E-state index is 0.0492. The van der Waals surface area contributed by atoms with E-state index in [-0.39, 0.29) is 31.2 Å². The third-order valence-corrected chi connectivity index (χ3v) is 6.45. The van der Waals surface area contributed by atoms with E-state index in [0.717, 1.165) is 24.3 Å². The Hall–Kier alpha value is -3.59. The molecule has 2 atom stereocenters. The molecule has 0 saturated carbocycles. The molecule has 2 aromatic carbocycles. The first-order valence-corrected chi connectivity index (χ1v) is 12.0. The molecular weight excluding hydrogens is 521 g/mol. The number of rotatable bonds is 8. The zero-order chi connectivity index (χ0) is 28.6. The van der Waals surface area contributed by atoms with Gasteiger partial charge < -0.3 is 14.6 Å². The predicted octanol–water partition coefficient (Wildman–Crippen LogP) is 5.44. The second-order valence-electron chi connectivity index (χ2n) is 9.16. The van der Waals surface area contributed by atoms with Gasteiger partial charge in [0.05, 0.1) is 25.3 Å². The van der Waals surface area contributed by atoms with E-state index < -0.39 is 41.2 Å². The minimum atomic E-state index is -4.39. The van der Waals surface area contributed by atoms with Crippen LogP contribution in [0.3, 0.4) is 0 Å². The van der Waals surface area contributed by atoms with Crippen LogP contribution in [0, 0.1) is 36.3 Å². The van der Waals surface area contributed by atoms with E-state index in [9.17, 15) is 27.1 Å². The maximum Gasteiger partial charge on any atom is 0.416 e. The summed E-state index contributed by atoms with van der Waals surface area (Å²) in [4.78, 5) is 3.86. The summed E-state index contributed by atoms with van der Waals surface area (Å²) < 4.78 is 79.2. The highest BCUT2D eigenvalue weighted by molar-refractivity contribution is 5.50. The zero-order valence-electron chi connectivity index (χ0n) is 21.1. The Labute approximate surface area is 223 Å². The van der Waals surface area contributed by atoms with Crippen LogP contribution in [-0.2, 0) is 27.8 Å². The highest BCUT2D eigenvalue weighted by Gasteiger charge is 2.40. The summed E-state index contributed by atoms with van der Waals surface area (Å²) >= 11 is 0. The van der Waals surface area contributed by atoms with Crippen molar-refractivity contribution in [2.45, 2.75) is 38.0 Å². The summed E-state index contributed by atoms with van der Waals surface area (Å²) in [6, 6.07) is 7.78. The Kier molecular flexibility index (Phi) is 9.97. The number of benzene rings is 2. The topological polar surface area (TPSA) is 69.4 Å². The first kappa shape index (κ1) is 30.0. The van der Waals surface area contributed by atoms with Crippen molar-refractivity contribution in [1.29, 1.82) is 0 Å². The van der Waals surface area contributed by atoms with Crippen LogP contribution in [-0.4, -0.2) is 39.4 Å². The number of aromatic nitrogens is 3. The molecule has 0 spiro atoms. The van der Waals surface area contributed by atoms with Gasteiger partial charge in [-0.3, -0.25) is 0 Å². The van der Waals surface area contributed by atoms with Crippen molar-refractivity contribution in [3.63, 3.8) is 0 Å². The molecule has 1 fully saturated rings. The summed E-state index contributed by atoms with van der Waals surface area (Å²) in [6.07, 6.45) is 9.24. The van der Waals surface area contributed by atoms with Gasteiger partial charge in [0.25, 0.3) is 0 Å². The molecule has 3 aromatic rings. The lowest BCUT2D eigenvalue weighted by atomic mass is 9.77. The number of aliphatic hydroxyl groups is 1. The average Bonchev–Trinajstić information content (AvgIpc) is 3.42. The van der Waals surface area contributed by atoms with Crippen LogP contribution in [0.15, 0.2) is 61.2 Å². The number of hydrogen-bond acceptors (Lipinski definition) is 5. The van der Waals surface area contributed by atoms with Crippen LogP contribution in [0.1, 0.15) is 30.0 Å². The van der Waals surface area contributed by atoms with Gasteiger partial charge in [-0.05, 0) is 42.2 Å². The van der Waals surface area contributed by atoms with Crippen molar-refractivity contribution < 1.29 is 36.5 Å². The SMILES string of the molecule is C#C.C[C@@H](CC1COC(/C=C/c2ccc(C(F)(F)F)cc2)OC1)[C@](O)(Cn1cncn1)c1ccc(F)cc1F. The minimum Gasteiger partial charge on any atom is -0.383 e. The molecule has 1 aliphatic heterocycles. The predicted molar refractivity (Wildman–Crippen MR) is 134 cm³/mol. The summed E-state index contributed by atoms with van der Waals surface area (Å²) in [5.74, 6) is -2.25. The van der Waals surface area contributed by atoms with Crippen LogP contribution in [0.5, 0.6) is 0 Å². The second-order valence-corrected chi connectivity index (χ2v) is 9.16. The molecule has 0 aliphatic carbocycles. The van der Waals surface area contributed by atoms with E-state index >= 15 is 0 Å². The van der Waals surface area contributed by atoms with Gasteiger partial charge in [0.1, 0.15) is 29.9 Å². The highest BCUT2D eigenvalue weighted by atomic mass is 19.4. The number of ether oxygens (including phenoxy) is 2. The van der Waals surface area contributed by atoms with Crippen LogP contribution in [0.4, 0.5) is 22.0 Å². The van der Waals surface area contributed by atoms with Gasteiger partial charge in [0.15, 0.2) is 6.29 Å². The van der Waals surface area contributed by atoms with E-state index in [0.29, 0.717) is 12.0 Å². The normalized spacial score (nSPS) is 20.1.